The SMILES string of the molecule is CCCN(C)S(=O)(=O)/N=C(\NC)N1CC(c2ccccc2)C(c2ccc(Cl)cc2)=N1. The predicted molar refractivity (Wildman–Crippen MR) is 122 cm³/mol. The molecule has 2 aromatic carbocycles. The van der Waals surface area contributed by atoms with Crippen molar-refractivity contribution >= 4 is 33.5 Å². The maximum Gasteiger partial charge on any atom is 0.325 e. The van der Waals surface area contributed by atoms with E-state index in [2.05, 4.69) is 9.71 Å². The van der Waals surface area contributed by atoms with E-state index >= 15 is 0 Å². The quantitative estimate of drug-likeness (QED) is 0.544. The van der Waals surface area contributed by atoms with Crippen molar-refractivity contribution in [2.45, 2.75) is 19.3 Å². The summed E-state index contributed by atoms with van der Waals surface area (Å²) in [6, 6.07) is 17.5. The Balaban J connectivity index is 2.00. The highest BCUT2D eigenvalue weighted by Gasteiger charge is 2.32. The molecule has 3 rings (SSSR count). The van der Waals surface area contributed by atoms with Crippen LogP contribution in [0.1, 0.15) is 30.4 Å². The monoisotopic (exact) mass is 447 g/mol. The van der Waals surface area contributed by atoms with Crippen molar-refractivity contribution in [2.75, 3.05) is 27.2 Å². The lowest BCUT2D eigenvalue weighted by molar-refractivity contribution is 0.451. The lowest BCUT2D eigenvalue weighted by Gasteiger charge is -2.19. The van der Waals surface area contributed by atoms with Gasteiger partial charge < -0.3 is 5.32 Å². The highest BCUT2D eigenvalue weighted by molar-refractivity contribution is 7.87. The zero-order valence-electron chi connectivity index (χ0n) is 17.3. The molecule has 160 valence electrons. The largest absolute Gasteiger partial charge is 0.357 e. The second kappa shape index (κ2) is 9.59. The summed E-state index contributed by atoms with van der Waals surface area (Å²) in [5, 5.41) is 9.89. The molecule has 9 heteroatoms. The van der Waals surface area contributed by atoms with Gasteiger partial charge in [0.15, 0.2) is 0 Å². The predicted octanol–water partition coefficient (Wildman–Crippen LogP) is 3.31. The van der Waals surface area contributed by atoms with E-state index in [9.17, 15) is 8.42 Å². The topological polar surface area (TPSA) is 77.4 Å². The molecule has 30 heavy (non-hydrogen) atoms. The lowest BCUT2D eigenvalue weighted by Crippen LogP contribution is -2.38. The standard InChI is InChI=1S/C21H26ClN5O2S/c1-4-14-26(3)30(28,29)25-21(23-2)27-15-19(16-8-6-5-7-9-16)20(24-27)17-10-12-18(22)13-11-17/h5-13,19H,4,14-15H2,1-3H3,(H,23,25). The summed E-state index contributed by atoms with van der Waals surface area (Å²) in [6.45, 7) is 2.78. The fourth-order valence-corrected chi connectivity index (χ4v) is 4.38. The second-order valence-electron chi connectivity index (χ2n) is 7.00. The van der Waals surface area contributed by atoms with Gasteiger partial charge >= 0.3 is 10.2 Å². The van der Waals surface area contributed by atoms with Gasteiger partial charge in [0.05, 0.1) is 12.3 Å². The minimum absolute atomic E-state index is 0.0398. The Morgan fingerprint density at radius 3 is 2.50 bits per heavy atom. The Hall–Kier alpha value is -2.42. The van der Waals surface area contributed by atoms with E-state index in [1.807, 2.05) is 61.5 Å². The molecule has 0 radical (unpaired) electrons. The van der Waals surface area contributed by atoms with Crippen molar-refractivity contribution in [3.05, 3.63) is 70.7 Å². The molecule has 0 saturated heterocycles. The number of hydrogen-bond donors (Lipinski definition) is 1. The van der Waals surface area contributed by atoms with Gasteiger partial charge in [-0.1, -0.05) is 61.0 Å². The van der Waals surface area contributed by atoms with Crippen molar-refractivity contribution in [1.29, 1.82) is 0 Å². The van der Waals surface area contributed by atoms with Gasteiger partial charge in [-0.25, -0.2) is 5.01 Å². The summed E-state index contributed by atoms with van der Waals surface area (Å²) in [5.74, 6) is 0.143. The number of nitrogens with zero attached hydrogens (tertiary/aromatic N) is 4. The first kappa shape index (κ1) is 22.3. The van der Waals surface area contributed by atoms with Crippen LogP contribution in [-0.4, -0.2) is 56.6 Å². The molecule has 1 aliphatic heterocycles. The van der Waals surface area contributed by atoms with Crippen LogP contribution in [0.3, 0.4) is 0 Å². The minimum atomic E-state index is -3.81. The van der Waals surface area contributed by atoms with Crippen molar-refractivity contribution in [1.82, 2.24) is 14.6 Å². The molecule has 1 unspecified atom stereocenters. The maximum atomic E-state index is 12.6. The first-order valence-electron chi connectivity index (χ1n) is 9.76. The third-order valence-electron chi connectivity index (χ3n) is 4.86. The van der Waals surface area contributed by atoms with Crippen LogP contribution in [0.25, 0.3) is 0 Å². The Morgan fingerprint density at radius 1 is 1.23 bits per heavy atom. The number of rotatable bonds is 6. The number of halogens is 1. The Kier molecular flexibility index (Phi) is 7.12. The molecule has 0 amide bonds. The molecule has 2 aromatic rings. The first-order valence-corrected chi connectivity index (χ1v) is 11.5. The van der Waals surface area contributed by atoms with Crippen LogP contribution >= 0.6 is 11.6 Å². The smallest absolute Gasteiger partial charge is 0.325 e. The highest BCUT2D eigenvalue weighted by atomic mass is 35.5. The van der Waals surface area contributed by atoms with Crippen LogP contribution in [0.2, 0.25) is 5.02 Å². The van der Waals surface area contributed by atoms with Gasteiger partial charge in [-0.05, 0) is 29.7 Å². The number of hydrogen-bond acceptors (Lipinski definition) is 3. The molecule has 0 aliphatic carbocycles. The molecular formula is C21H26ClN5O2S. The van der Waals surface area contributed by atoms with E-state index in [0.29, 0.717) is 24.5 Å². The average molecular weight is 448 g/mol. The van der Waals surface area contributed by atoms with Crippen LogP contribution in [0.4, 0.5) is 0 Å². The number of benzene rings is 2. The fraction of sp³-hybridized carbons (Fsp3) is 0.333. The molecule has 0 aromatic heterocycles. The van der Waals surface area contributed by atoms with Crippen molar-refractivity contribution in [3.63, 3.8) is 0 Å². The summed E-state index contributed by atoms with van der Waals surface area (Å²) in [6.07, 6.45) is 0.707. The van der Waals surface area contributed by atoms with Gasteiger partial charge in [0, 0.05) is 31.6 Å². The summed E-state index contributed by atoms with van der Waals surface area (Å²) in [5.41, 5.74) is 2.85. The Labute approximate surface area is 183 Å². The van der Waals surface area contributed by atoms with Gasteiger partial charge in [-0.15, -0.1) is 4.40 Å². The molecule has 0 saturated carbocycles. The number of guanidine groups is 1. The zero-order chi connectivity index (χ0) is 21.7. The lowest BCUT2D eigenvalue weighted by atomic mass is 9.91. The molecule has 0 spiro atoms. The van der Waals surface area contributed by atoms with E-state index in [-0.39, 0.29) is 11.9 Å². The van der Waals surface area contributed by atoms with E-state index < -0.39 is 10.2 Å². The molecule has 0 fully saturated rings. The van der Waals surface area contributed by atoms with Gasteiger partial charge in [0.25, 0.3) is 0 Å². The molecule has 0 bridgehead atoms. The highest BCUT2D eigenvalue weighted by Crippen LogP contribution is 2.29. The van der Waals surface area contributed by atoms with E-state index in [0.717, 1.165) is 16.8 Å². The molecule has 1 atom stereocenters. The van der Waals surface area contributed by atoms with Gasteiger partial charge in [-0.3, -0.25) is 0 Å². The van der Waals surface area contributed by atoms with Crippen LogP contribution in [0, 0.1) is 0 Å². The number of hydrazone groups is 1. The Bertz CT molecular complexity index is 1020. The molecule has 1 heterocycles. The molecule has 1 aliphatic rings. The van der Waals surface area contributed by atoms with Crippen molar-refractivity contribution < 1.29 is 8.42 Å². The number of nitrogens with one attached hydrogen (secondary N) is 1. The molecule has 7 nitrogen and oxygen atoms in total. The minimum Gasteiger partial charge on any atom is -0.357 e. The third kappa shape index (κ3) is 5.00. The van der Waals surface area contributed by atoms with Crippen LogP contribution in [0.15, 0.2) is 64.1 Å². The van der Waals surface area contributed by atoms with E-state index in [1.165, 1.54) is 11.4 Å². The molecular weight excluding hydrogens is 422 g/mol. The summed E-state index contributed by atoms with van der Waals surface area (Å²) < 4.78 is 30.4. The van der Waals surface area contributed by atoms with Gasteiger partial charge in [-0.2, -0.15) is 17.8 Å². The van der Waals surface area contributed by atoms with Crippen LogP contribution < -0.4 is 5.32 Å². The Morgan fingerprint density at radius 2 is 1.90 bits per heavy atom. The third-order valence-corrected chi connectivity index (χ3v) is 6.48. The van der Waals surface area contributed by atoms with Gasteiger partial charge in [0.1, 0.15) is 0 Å². The normalized spacial score (nSPS) is 17.4. The zero-order valence-corrected chi connectivity index (χ0v) is 18.9. The maximum absolute atomic E-state index is 12.6. The van der Waals surface area contributed by atoms with E-state index in [4.69, 9.17) is 16.7 Å². The fourth-order valence-electron chi connectivity index (χ4n) is 3.29. The summed E-state index contributed by atoms with van der Waals surface area (Å²) in [4.78, 5) is 0. The van der Waals surface area contributed by atoms with Crippen molar-refractivity contribution in [2.24, 2.45) is 9.50 Å². The first-order chi connectivity index (χ1) is 14.4. The summed E-state index contributed by atoms with van der Waals surface area (Å²) in [7, 11) is -0.648. The van der Waals surface area contributed by atoms with E-state index in [1.54, 1.807) is 12.1 Å². The second-order valence-corrected chi connectivity index (χ2v) is 9.14. The van der Waals surface area contributed by atoms with Crippen molar-refractivity contribution in [3.8, 4) is 0 Å². The van der Waals surface area contributed by atoms with Crippen LogP contribution in [-0.2, 0) is 10.2 Å². The molecule has 1 N–H and O–H groups in total. The summed E-state index contributed by atoms with van der Waals surface area (Å²) >= 11 is 6.05. The van der Waals surface area contributed by atoms with Crippen LogP contribution in [0.5, 0.6) is 0 Å². The van der Waals surface area contributed by atoms with Gasteiger partial charge in [0.2, 0.25) is 5.96 Å². The average Bonchev–Trinajstić information content (AvgIpc) is 3.18.